The Morgan fingerprint density at radius 1 is 1.29 bits per heavy atom. The molecule has 1 saturated heterocycles. The van der Waals surface area contributed by atoms with E-state index in [0.29, 0.717) is 12.1 Å². The smallest absolute Gasteiger partial charge is 0.242 e. The van der Waals surface area contributed by atoms with Crippen molar-refractivity contribution in [2.24, 2.45) is 0 Å². The summed E-state index contributed by atoms with van der Waals surface area (Å²) in [4.78, 5) is 14.4. The summed E-state index contributed by atoms with van der Waals surface area (Å²) in [5.74, 6) is 0.101. The van der Waals surface area contributed by atoms with Crippen molar-refractivity contribution in [3.63, 3.8) is 0 Å². The maximum atomic E-state index is 12.4. The van der Waals surface area contributed by atoms with Gasteiger partial charge in [-0.15, -0.1) is 0 Å². The molecule has 0 bridgehead atoms. The van der Waals surface area contributed by atoms with Crippen molar-refractivity contribution >= 4 is 5.91 Å². The monoisotopic (exact) mass is 240 g/mol. The molecule has 0 aromatic heterocycles. The summed E-state index contributed by atoms with van der Waals surface area (Å²) in [6.07, 6.45) is 7.02. The first-order valence-corrected chi connectivity index (χ1v) is 6.90. The van der Waals surface area contributed by atoms with Crippen molar-refractivity contribution in [3.05, 3.63) is 0 Å². The molecule has 4 heteroatoms. The van der Waals surface area contributed by atoms with E-state index in [-0.39, 0.29) is 18.6 Å². The zero-order valence-electron chi connectivity index (χ0n) is 10.7. The van der Waals surface area contributed by atoms with Crippen LogP contribution in [0.4, 0.5) is 0 Å². The molecule has 2 aliphatic rings. The molecule has 1 saturated carbocycles. The lowest BCUT2D eigenvalue weighted by Gasteiger charge is -2.38. The van der Waals surface area contributed by atoms with Gasteiger partial charge < -0.3 is 15.3 Å². The van der Waals surface area contributed by atoms with Crippen LogP contribution >= 0.6 is 0 Å². The van der Waals surface area contributed by atoms with E-state index in [1.807, 2.05) is 0 Å². The number of aliphatic hydroxyl groups excluding tert-OH is 1. The molecule has 0 aromatic carbocycles. The molecule has 2 rings (SSSR count). The lowest BCUT2D eigenvalue weighted by molar-refractivity contribution is -0.138. The summed E-state index contributed by atoms with van der Waals surface area (Å²) in [5.41, 5.74) is 0. The van der Waals surface area contributed by atoms with Crippen LogP contribution < -0.4 is 5.32 Å². The Bertz CT molecular complexity index is 264. The number of hydrogen-bond donors (Lipinski definition) is 2. The molecular weight excluding hydrogens is 216 g/mol. The van der Waals surface area contributed by atoms with Gasteiger partial charge in [-0.3, -0.25) is 4.79 Å². The van der Waals surface area contributed by atoms with Gasteiger partial charge in [0.15, 0.2) is 0 Å². The number of nitrogens with zero attached hydrogens (tertiary/aromatic N) is 1. The Labute approximate surface area is 103 Å². The Morgan fingerprint density at radius 2 is 2.00 bits per heavy atom. The topological polar surface area (TPSA) is 52.6 Å². The van der Waals surface area contributed by atoms with Crippen LogP contribution in [-0.4, -0.2) is 47.2 Å². The van der Waals surface area contributed by atoms with Gasteiger partial charge in [0, 0.05) is 12.1 Å². The average Bonchev–Trinajstić information content (AvgIpc) is 2.49. The predicted octanol–water partition coefficient (Wildman–Crippen LogP) is 0.890. The van der Waals surface area contributed by atoms with Gasteiger partial charge in [0.1, 0.15) is 6.04 Å². The fraction of sp³-hybridized carbons (Fsp3) is 0.923. The maximum absolute atomic E-state index is 12.4. The summed E-state index contributed by atoms with van der Waals surface area (Å²) in [6, 6.07) is 0.316. The quantitative estimate of drug-likeness (QED) is 0.753. The molecule has 2 N–H and O–H groups in total. The molecule has 0 radical (unpaired) electrons. The fourth-order valence-electron chi connectivity index (χ4n) is 3.13. The normalized spacial score (nSPS) is 32.6. The molecular formula is C13H24N2O2. The molecule has 2 atom stereocenters. The third kappa shape index (κ3) is 2.80. The second kappa shape index (κ2) is 5.83. The van der Waals surface area contributed by atoms with E-state index in [9.17, 15) is 9.90 Å². The minimum Gasteiger partial charge on any atom is -0.394 e. The minimum absolute atomic E-state index is 0.0885. The summed E-state index contributed by atoms with van der Waals surface area (Å²) in [5, 5.41) is 12.4. The van der Waals surface area contributed by atoms with E-state index in [1.165, 1.54) is 19.3 Å². The molecule has 1 aliphatic carbocycles. The lowest BCUT2D eigenvalue weighted by atomic mass is 9.92. The van der Waals surface area contributed by atoms with Crippen LogP contribution in [0.1, 0.15) is 45.4 Å². The van der Waals surface area contributed by atoms with Crippen LogP contribution in [0.3, 0.4) is 0 Å². The van der Waals surface area contributed by atoms with Crippen LogP contribution in [0.25, 0.3) is 0 Å². The molecule has 2 fully saturated rings. The summed E-state index contributed by atoms with van der Waals surface area (Å²) < 4.78 is 0. The maximum Gasteiger partial charge on any atom is 0.242 e. The van der Waals surface area contributed by atoms with Crippen molar-refractivity contribution in [1.29, 1.82) is 0 Å². The zero-order chi connectivity index (χ0) is 12.3. The molecule has 1 aliphatic heterocycles. The van der Waals surface area contributed by atoms with Crippen molar-refractivity contribution in [3.8, 4) is 0 Å². The van der Waals surface area contributed by atoms with Gasteiger partial charge in [-0.05, 0) is 32.7 Å². The number of carbonyl (C=O) groups excluding carboxylic acids is 1. The van der Waals surface area contributed by atoms with Crippen molar-refractivity contribution < 1.29 is 9.90 Å². The third-order valence-electron chi connectivity index (χ3n) is 4.13. The highest BCUT2D eigenvalue weighted by molar-refractivity contribution is 5.83. The van der Waals surface area contributed by atoms with Crippen LogP contribution in [0, 0.1) is 0 Å². The van der Waals surface area contributed by atoms with E-state index in [4.69, 9.17) is 0 Å². The number of nitrogens with one attached hydrogen (secondary N) is 1. The minimum atomic E-state index is -0.387. The molecule has 2 unspecified atom stereocenters. The summed E-state index contributed by atoms with van der Waals surface area (Å²) >= 11 is 0. The Morgan fingerprint density at radius 3 is 2.65 bits per heavy atom. The largest absolute Gasteiger partial charge is 0.394 e. The number of amides is 1. The number of rotatable bonds is 2. The summed E-state index contributed by atoms with van der Waals surface area (Å²) in [6.45, 7) is 2.87. The first kappa shape index (κ1) is 12.8. The van der Waals surface area contributed by atoms with E-state index in [2.05, 4.69) is 17.1 Å². The molecule has 0 spiro atoms. The second-order valence-electron chi connectivity index (χ2n) is 5.36. The van der Waals surface area contributed by atoms with Gasteiger partial charge >= 0.3 is 0 Å². The molecule has 98 valence electrons. The Hall–Kier alpha value is -0.610. The van der Waals surface area contributed by atoms with Crippen LogP contribution in [0.15, 0.2) is 0 Å². The highest BCUT2D eigenvalue weighted by Gasteiger charge is 2.35. The average molecular weight is 240 g/mol. The van der Waals surface area contributed by atoms with Gasteiger partial charge in [-0.25, -0.2) is 0 Å². The molecule has 1 amide bonds. The molecule has 4 nitrogen and oxygen atoms in total. The zero-order valence-corrected chi connectivity index (χ0v) is 10.7. The lowest BCUT2D eigenvalue weighted by Crippen LogP contribution is -2.52. The van der Waals surface area contributed by atoms with Crippen LogP contribution in [-0.2, 0) is 4.79 Å². The van der Waals surface area contributed by atoms with Crippen molar-refractivity contribution in [2.75, 3.05) is 13.2 Å². The first-order chi connectivity index (χ1) is 8.24. The Balaban J connectivity index is 2.11. The number of aliphatic hydroxyl groups is 1. The van der Waals surface area contributed by atoms with Gasteiger partial charge in [0.25, 0.3) is 0 Å². The first-order valence-electron chi connectivity index (χ1n) is 6.90. The van der Waals surface area contributed by atoms with E-state index >= 15 is 0 Å². The van der Waals surface area contributed by atoms with Crippen molar-refractivity contribution in [2.45, 2.75) is 63.6 Å². The van der Waals surface area contributed by atoms with Gasteiger partial charge in [0.05, 0.1) is 6.61 Å². The standard InChI is InChI=1S/C13H24N2O2/c1-10-7-8-14-12(9-16)13(17)15(10)11-5-3-2-4-6-11/h10-12,14,16H,2-9H2,1H3. The third-order valence-corrected chi connectivity index (χ3v) is 4.13. The van der Waals surface area contributed by atoms with Gasteiger partial charge in [-0.2, -0.15) is 0 Å². The van der Waals surface area contributed by atoms with Gasteiger partial charge in [-0.1, -0.05) is 19.3 Å². The van der Waals surface area contributed by atoms with Crippen LogP contribution in [0.2, 0.25) is 0 Å². The SMILES string of the molecule is CC1CCNC(CO)C(=O)N1C1CCCCC1. The Kier molecular flexibility index (Phi) is 4.40. The predicted molar refractivity (Wildman–Crippen MR) is 66.7 cm³/mol. The van der Waals surface area contributed by atoms with E-state index in [1.54, 1.807) is 0 Å². The number of hydrogen-bond acceptors (Lipinski definition) is 3. The number of carbonyl (C=O) groups is 1. The van der Waals surface area contributed by atoms with Crippen LogP contribution in [0.5, 0.6) is 0 Å². The highest BCUT2D eigenvalue weighted by atomic mass is 16.3. The van der Waals surface area contributed by atoms with Crippen molar-refractivity contribution in [1.82, 2.24) is 10.2 Å². The highest BCUT2D eigenvalue weighted by Crippen LogP contribution is 2.26. The van der Waals surface area contributed by atoms with E-state index in [0.717, 1.165) is 25.8 Å². The van der Waals surface area contributed by atoms with Gasteiger partial charge in [0.2, 0.25) is 5.91 Å². The molecule has 17 heavy (non-hydrogen) atoms. The van der Waals surface area contributed by atoms with E-state index < -0.39 is 0 Å². The fourth-order valence-corrected chi connectivity index (χ4v) is 3.13. The molecule has 1 heterocycles. The molecule has 0 aromatic rings. The summed E-state index contributed by atoms with van der Waals surface area (Å²) in [7, 11) is 0. The second-order valence-corrected chi connectivity index (χ2v) is 5.36.